The number of halogens is 1. The van der Waals surface area contributed by atoms with Crippen molar-refractivity contribution in [2.75, 3.05) is 13.7 Å². The summed E-state index contributed by atoms with van der Waals surface area (Å²) in [6.07, 6.45) is 2.80. The van der Waals surface area contributed by atoms with Crippen LogP contribution in [0.15, 0.2) is 18.2 Å². The van der Waals surface area contributed by atoms with Gasteiger partial charge in [0.2, 0.25) is 0 Å². The van der Waals surface area contributed by atoms with E-state index < -0.39 is 0 Å². The van der Waals surface area contributed by atoms with Crippen LogP contribution in [-0.4, -0.2) is 30.8 Å². The number of aliphatic hydroxyl groups is 1. The topological polar surface area (TPSA) is 58.6 Å². The first-order chi connectivity index (χ1) is 9.15. The second kappa shape index (κ2) is 6.26. The van der Waals surface area contributed by atoms with Crippen LogP contribution < -0.4 is 10.1 Å². The first-order valence-electron chi connectivity index (χ1n) is 6.41. The minimum Gasteiger partial charge on any atom is -0.496 e. The van der Waals surface area contributed by atoms with E-state index in [0.717, 1.165) is 12.8 Å². The number of benzene rings is 1. The van der Waals surface area contributed by atoms with E-state index in [-0.39, 0.29) is 18.6 Å². The summed E-state index contributed by atoms with van der Waals surface area (Å²) in [5, 5.41) is 12.5. The van der Waals surface area contributed by atoms with E-state index in [2.05, 4.69) is 5.32 Å². The van der Waals surface area contributed by atoms with Gasteiger partial charge in [-0.05, 0) is 43.4 Å². The Morgan fingerprint density at radius 3 is 2.89 bits per heavy atom. The molecule has 4 nitrogen and oxygen atoms in total. The highest BCUT2D eigenvalue weighted by Gasteiger charge is 2.32. The van der Waals surface area contributed by atoms with Crippen LogP contribution in [0.1, 0.15) is 29.6 Å². The summed E-state index contributed by atoms with van der Waals surface area (Å²) in [5.41, 5.74) is 0.429. The van der Waals surface area contributed by atoms with Crippen molar-refractivity contribution in [1.82, 2.24) is 5.32 Å². The molecule has 1 fully saturated rings. The van der Waals surface area contributed by atoms with Crippen LogP contribution in [0.3, 0.4) is 0 Å². The fraction of sp³-hybridized carbons (Fsp3) is 0.500. The summed E-state index contributed by atoms with van der Waals surface area (Å²) in [5.74, 6) is 0.784. The highest BCUT2D eigenvalue weighted by Crippen LogP contribution is 2.34. The van der Waals surface area contributed by atoms with Crippen LogP contribution in [0, 0.1) is 5.92 Å². The molecular formula is C14H18ClNO3. The molecule has 0 radical (unpaired) electrons. The molecule has 0 aromatic heterocycles. The van der Waals surface area contributed by atoms with Crippen molar-refractivity contribution in [3.63, 3.8) is 0 Å². The number of aliphatic hydroxyl groups excluding tert-OH is 1. The molecular weight excluding hydrogens is 266 g/mol. The van der Waals surface area contributed by atoms with E-state index in [0.29, 0.717) is 28.7 Å². The average Bonchev–Trinajstić information content (AvgIpc) is 3.22. The van der Waals surface area contributed by atoms with Crippen LogP contribution in [0.5, 0.6) is 5.75 Å². The Kier molecular flexibility index (Phi) is 4.66. The maximum atomic E-state index is 12.3. The van der Waals surface area contributed by atoms with Gasteiger partial charge in [-0.15, -0.1) is 0 Å². The van der Waals surface area contributed by atoms with Gasteiger partial charge in [0.05, 0.1) is 12.7 Å². The highest BCUT2D eigenvalue weighted by atomic mass is 35.5. The van der Waals surface area contributed by atoms with Gasteiger partial charge < -0.3 is 15.2 Å². The van der Waals surface area contributed by atoms with Gasteiger partial charge in [0.25, 0.3) is 5.91 Å². The number of carbonyl (C=O) groups is 1. The Hall–Kier alpha value is -1.26. The molecule has 0 spiro atoms. The Balaban J connectivity index is 2.11. The Morgan fingerprint density at radius 2 is 2.32 bits per heavy atom. The lowest BCUT2D eigenvalue weighted by molar-refractivity contribution is 0.0921. The molecule has 5 heteroatoms. The van der Waals surface area contributed by atoms with Crippen molar-refractivity contribution in [3.8, 4) is 5.75 Å². The molecule has 2 rings (SSSR count). The third kappa shape index (κ3) is 3.61. The van der Waals surface area contributed by atoms with Crippen LogP contribution in [-0.2, 0) is 0 Å². The monoisotopic (exact) mass is 283 g/mol. The number of rotatable bonds is 6. The maximum absolute atomic E-state index is 12.3. The molecule has 1 aromatic carbocycles. The Bertz CT molecular complexity index is 460. The lowest BCUT2D eigenvalue weighted by Crippen LogP contribution is -2.37. The summed E-state index contributed by atoms with van der Waals surface area (Å²) >= 11 is 5.91. The number of amides is 1. The largest absolute Gasteiger partial charge is 0.496 e. The summed E-state index contributed by atoms with van der Waals surface area (Å²) in [7, 11) is 1.52. The molecule has 1 atom stereocenters. The Morgan fingerprint density at radius 1 is 1.58 bits per heavy atom. The van der Waals surface area contributed by atoms with E-state index in [1.807, 2.05) is 0 Å². The molecule has 1 aromatic rings. The van der Waals surface area contributed by atoms with Crippen LogP contribution in [0.2, 0.25) is 5.02 Å². The van der Waals surface area contributed by atoms with E-state index in [4.69, 9.17) is 21.4 Å². The zero-order valence-corrected chi connectivity index (χ0v) is 11.6. The van der Waals surface area contributed by atoms with Gasteiger partial charge in [-0.2, -0.15) is 0 Å². The Labute approximate surface area is 117 Å². The molecule has 1 aliphatic carbocycles. The van der Waals surface area contributed by atoms with Gasteiger partial charge in [-0.25, -0.2) is 0 Å². The van der Waals surface area contributed by atoms with Gasteiger partial charge in [0, 0.05) is 17.7 Å². The van der Waals surface area contributed by atoms with E-state index in [1.54, 1.807) is 18.2 Å². The number of hydrogen-bond donors (Lipinski definition) is 2. The molecule has 0 heterocycles. The average molecular weight is 284 g/mol. The highest BCUT2D eigenvalue weighted by molar-refractivity contribution is 6.31. The molecule has 2 N–H and O–H groups in total. The summed E-state index contributed by atoms with van der Waals surface area (Å²) in [6.45, 7) is 0.0775. The quantitative estimate of drug-likeness (QED) is 0.842. The SMILES string of the molecule is COc1ccc(Cl)cc1C(=O)NC(CCO)C1CC1. The number of hydrogen-bond acceptors (Lipinski definition) is 3. The second-order valence-electron chi connectivity index (χ2n) is 4.77. The number of nitrogens with one attached hydrogen (secondary N) is 1. The number of carbonyl (C=O) groups excluding carboxylic acids is 1. The van der Waals surface area contributed by atoms with E-state index in [1.165, 1.54) is 7.11 Å². The second-order valence-corrected chi connectivity index (χ2v) is 5.21. The third-order valence-electron chi connectivity index (χ3n) is 3.35. The smallest absolute Gasteiger partial charge is 0.255 e. The lowest BCUT2D eigenvalue weighted by Gasteiger charge is -2.18. The van der Waals surface area contributed by atoms with Crippen molar-refractivity contribution in [1.29, 1.82) is 0 Å². The first kappa shape index (κ1) is 14.2. The lowest BCUT2D eigenvalue weighted by atomic mass is 10.1. The molecule has 0 saturated heterocycles. The predicted octanol–water partition coefficient (Wildman–Crippen LogP) is 2.24. The van der Waals surface area contributed by atoms with Gasteiger partial charge in [-0.1, -0.05) is 11.6 Å². The van der Waals surface area contributed by atoms with Gasteiger partial charge in [0.1, 0.15) is 5.75 Å². The summed E-state index contributed by atoms with van der Waals surface area (Å²) in [4.78, 5) is 12.3. The van der Waals surface area contributed by atoms with Crippen molar-refractivity contribution in [2.24, 2.45) is 5.92 Å². The molecule has 19 heavy (non-hydrogen) atoms. The summed E-state index contributed by atoms with van der Waals surface area (Å²) < 4.78 is 5.17. The minimum atomic E-state index is -0.204. The molecule has 1 aliphatic rings. The van der Waals surface area contributed by atoms with Crippen molar-refractivity contribution in [2.45, 2.75) is 25.3 Å². The fourth-order valence-corrected chi connectivity index (χ4v) is 2.34. The molecule has 0 bridgehead atoms. The third-order valence-corrected chi connectivity index (χ3v) is 3.59. The van der Waals surface area contributed by atoms with Crippen LogP contribution in [0.4, 0.5) is 0 Å². The van der Waals surface area contributed by atoms with Crippen molar-refractivity contribution >= 4 is 17.5 Å². The molecule has 1 saturated carbocycles. The maximum Gasteiger partial charge on any atom is 0.255 e. The zero-order valence-electron chi connectivity index (χ0n) is 10.9. The molecule has 104 valence electrons. The first-order valence-corrected chi connectivity index (χ1v) is 6.78. The normalized spacial score (nSPS) is 15.9. The van der Waals surface area contributed by atoms with Gasteiger partial charge in [0.15, 0.2) is 0 Å². The van der Waals surface area contributed by atoms with E-state index in [9.17, 15) is 4.79 Å². The standard InChI is InChI=1S/C14H18ClNO3/c1-19-13-5-4-10(15)8-11(13)14(18)16-12(6-7-17)9-2-3-9/h4-5,8-9,12,17H,2-3,6-7H2,1H3,(H,16,18). The van der Waals surface area contributed by atoms with Crippen LogP contribution in [0.25, 0.3) is 0 Å². The minimum absolute atomic E-state index is 0.0289. The van der Waals surface area contributed by atoms with E-state index >= 15 is 0 Å². The van der Waals surface area contributed by atoms with Gasteiger partial charge >= 0.3 is 0 Å². The number of methoxy groups -OCH3 is 1. The predicted molar refractivity (Wildman–Crippen MR) is 73.7 cm³/mol. The number of ether oxygens (including phenoxy) is 1. The van der Waals surface area contributed by atoms with Crippen LogP contribution >= 0.6 is 11.6 Å². The zero-order chi connectivity index (χ0) is 13.8. The molecule has 1 amide bonds. The summed E-state index contributed by atoms with van der Waals surface area (Å²) in [6, 6.07) is 4.98. The van der Waals surface area contributed by atoms with Gasteiger partial charge in [-0.3, -0.25) is 4.79 Å². The molecule has 0 aliphatic heterocycles. The molecule has 1 unspecified atom stereocenters. The van der Waals surface area contributed by atoms with Crippen molar-refractivity contribution in [3.05, 3.63) is 28.8 Å². The van der Waals surface area contributed by atoms with Crippen molar-refractivity contribution < 1.29 is 14.6 Å². The fourth-order valence-electron chi connectivity index (χ4n) is 2.17.